The van der Waals surface area contributed by atoms with E-state index in [-0.39, 0.29) is 5.41 Å². The molecule has 17 aromatic carbocycles. The van der Waals surface area contributed by atoms with Crippen LogP contribution in [0.25, 0.3) is 170 Å². The molecule has 0 unspecified atom stereocenters. The van der Waals surface area contributed by atoms with Gasteiger partial charge in [-0.15, -0.1) is 0 Å². The number of nitrogens with zero attached hydrogens (tertiary/aromatic N) is 5. The van der Waals surface area contributed by atoms with Crippen molar-refractivity contribution < 1.29 is 0 Å². The van der Waals surface area contributed by atoms with Crippen LogP contribution in [0.2, 0.25) is 0 Å². The zero-order valence-corrected chi connectivity index (χ0v) is 60.6. The molecule has 0 fully saturated rings. The maximum absolute atomic E-state index is 2.55. The van der Waals surface area contributed by atoms with Crippen LogP contribution in [0.5, 0.6) is 0 Å². The topological polar surface area (TPSA) is 20.2 Å². The molecule has 5 nitrogen and oxygen atoms in total. The molecule has 0 bridgehead atoms. The predicted molar refractivity (Wildman–Crippen MR) is 464 cm³/mol. The van der Waals surface area contributed by atoms with Crippen molar-refractivity contribution in [2.45, 2.75) is 19.3 Å². The summed E-state index contributed by atoms with van der Waals surface area (Å²) >= 11 is 0. The van der Waals surface area contributed by atoms with E-state index in [1.807, 2.05) is 0 Å². The minimum atomic E-state index is -0.357. The molecule has 23 rings (SSSR count). The van der Waals surface area contributed by atoms with Crippen LogP contribution < -0.4 is 9.80 Å². The highest BCUT2D eigenvalue weighted by Gasteiger charge is 2.40. The van der Waals surface area contributed by atoms with Crippen LogP contribution in [0.4, 0.5) is 34.1 Å². The van der Waals surface area contributed by atoms with Gasteiger partial charge in [-0.05, 0) is 169 Å². The lowest BCUT2D eigenvalue weighted by Crippen LogP contribution is -2.21. The molecule has 0 N–H and O–H groups in total. The van der Waals surface area contributed by atoms with Crippen LogP contribution >= 0.6 is 0 Å². The molecular formula is C105H69N5. The third-order valence-corrected chi connectivity index (χ3v) is 24.1. The van der Waals surface area contributed by atoms with Crippen molar-refractivity contribution in [3.05, 3.63) is 393 Å². The molecule has 5 heteroatoms. The van der Waals surface area contributed by atoms with Gasteiger partial charge in [0.2, 0.25) is 0 Å². The highest BCUT2D eigenvalue weighted by atomic mass is 15.2. The molecule has 0 amide bonds. The van der Waals surface area contributed by atoms with E-state index in [0.717, 1.165) is 56.3 Å². The Morgan fingerprint density at radius 3 is 1.06 bits per heavy atom. The summed E-state index contributed by atoms with van der Waals surface area (Å²) in [6.07, 6.45) is 0. The summed E-state index contributed by atoms with van der Waals surface area (Å²) < 4.78 is 7.54. The van der Waals surface area contributed by atoms with Crippen LogP contribution in [-0.4, -0.2) is 13.4 Å². The first-order chi connectivity index (χ1) is 54.4. The van der Waals surface area contributed by atoms with Crippen LogP contribution in [0.15, 0.2) is 382 Å². The van der Waals surface area contributed by atoms with Gasteiger partial charge in [-0.3, -0.25) is 0 Å². The highest BCUT2D eigenvalue weighted by molar-refractivity contribution is 6.27. The molecule has 0 saturated carbocycles. The Kier molecular flexibility index (Phi) is 13.5. The molecule has 0 spiro atoms. The van der Waals surface area contributed by atoms with E-state index in [1.54, 1.807) is 0 Å². The van der Waals surface area contributed by atoms with Crippen LogP contribution in [0.3, 0.4) is 0 Å². The van der Waals surface area contributed by atoms with Crippen LogP contribution in [0.1, 0.15) is 25.0 Å². The average molecular weight is 1400 g/mol. The molecule has 110 heavy (non-hydrogen) atoms. The number of benzene rings is 17. The Bertz CT molecular complexity index is 7430. The summed E-state index contributed by atoms with van der Waals surface area (Å²) in [5.41, 5.74) is 34.1. The molecule has 0 radical (unpaired) electrons. The monoisotopic (exact) mass is 1400 g/mol. The Morgan fingerprint density at radius 2 is 0.555 bits per heavy atom. The summed E-state index contributed by atoms with van der Waals surface area (Å²) in [6, 6.07) is 142. The van der Waals surface area contributed by atoms with Crippen molar-refractivity contribution in [2.75, 3.05) is 9.80 Å². The molecule has 5 aromatic heterocycles. The molecule has 5 heterocycles. The third-order valence-electron chi connectivity index (χ3n) is 24.1. The fraction of sp³-hybridized carbons (Fsp3) is 0.0286. The fourth-order valence-corrected chi connectivity index (χ4v) is 19.1. The normalized spacial score (nSPS) is 12.7. The summed E-state index contributed by atoms with van der Waals surface area (Å²) in [5.74, 6) is 0. The number of hydrogen-bond donors (Lipinski definition) is 0. The molecule has 22 aromatic rings. The van der Waals surface area contributed by atoms with E-state index in [1.165, 1.54) is 159 Å². The van der Waals surface area contributed by atoms with E-state index in [9.17, 15) is 0 Å². The average Bonchev–Trinajstić information content (AvgIpc) is 1.56. The molecule has 1 aliphatic rings. The van der Waals surface area contributed by atoms with E-state index in [2.05, 4.69) is 419 Å². The number of para-hydroxylation sites is 8. The third kappa shape index (κ3) is 9.09. The zero-order chi connectivity index (χ0) is 72.5. The van der Waals surface area contributed by atoms with Gasteiger partial charge in [-0.25, -0.2) is 0 Å². The van der Waals surface area contributed by atoms with Gasteiger partial charge in [0.15, 0.2) is 0 Å². The summed E-state index contributed by atoms with van der Waals surface area (Å²) in [4.78, 5) is 5.08. The van der Waals surface area contributed by atoms with E-state index in [4.69, 9.17) is 0 Å². The lowest BCUT2D eigenvalue weighted by molar-refractivity contribution is 0.661. The molecule has 0 aliphatic heterocycles. The number of fused-ring (bicyclic) bond motifs is 18. The summed E-state index contributed by atoms with van der Waals surface area (Å²) in [7, 11) is 0. The fourth-order valence-electron chi connectivity index (χ4n) is 19.1. The number of aromatic nitrogens is 3. The van der Waals surface area contributed by atoms with Gasteiger partial charge >= 0.3 is 0 Å². The van der Waals surface area contributed by atoms with E-state index < -0.39 is 0 Å². The van der Waals surface area contributed by atoms with Gasteiger partial charge in [0.25, 0.3) is 0 Å². The maximum Gasteiger partial charge on any atom is 0.0782 e. The largest absolute Gasteiger partial charge is 0.308 e. The van der Waals surface area contributed by atoms with E-state index in [0.29, 0.717) is 0 Å². The van der Waals surface area contributed by atoms with Crippen molar-refractivity contribution in [1.82, 2.24) is 13.4 Å². The SMILES string of the molecule is CC1(C)c2cc(-c3ccc(-c4ccc(-c5ccc(N(c6cccc7c8cc(-c9ccccc9)ccc8n(-c8ccccc8)c67)c6cccc7c8cccc9c%10ccccc%10n(c67)c98)cc5)cc4)cc3)ccc2-c2cccc(N(c3ccc(-c4ccccc4)cc3)c3cccc4c5cccc6c7ccccc7n(c34)c65)c21. The highest BCUT2D eigenvalue weighted by Crippen LogP contribution is 2.57. The van der Waals surface area contributed by atoms with Crippen molar-refractivity contribution in [2.24, 2.45) is 0 Å². The van der Waals surface area contributed by atoms with E-state index >= 15 is 0 Å². The predicted octanol–water partition coefficient (Wildman–Crippen LogP) is 28.7. The first-order valence-electron chi connectivity index (χ1n) is 38.2. The van der Waals surface area contributed by atoms with Gasteiger partial charge in [0, 0.05) is 76.3 Å². The van der Waals surface area contributed by atoms with Crippen LogP contribution in [-0.2, 0) is 5.41 Å². The second-order valence-corrected chi connectivity index (χ2v) is 30.3. The van der Waals surface area contributed by atoms with Gasteiger partial charge < -0.3 is 23.2 Å². The standard InChI is InChI=1S/C105H69N5/c1-105(2)91-65-75(56-62-79(91)82-30-18-40-95(99(82)105)106(77-58-52-71(53-59-77)66-22-6-3-7-23-66)97-42-19-35-87-85-33-16-31-83-80-28-12-14-38-92(80)109(100(83)85)103(87)97)73-50-48-69(49-51-73)68-44-46-70(47-45-68)72-54-60-78(61-55-72)107(98-43-20-36-88-86-34-17-32-84-81-29-13-15-39-93(81)110(101(84)86)104(88)98)96-41-21-37-89-90-64-74(67-24-8-4-9-25-67)57-63-94(90)108(102(89)96)76-26-10-5-11-27-76/h3-65H,1-2H3. The Balaban J connectivity index is 0.593. The van der Waals surface area contributed by atoms with Crippen molar-refractivity contribution in [3.63, 3.8) is 0 Å². The number of hydrogen-bond acceptors (Lipinski definition) is 2. The Hall–Kier alpha value is -14.3. The van der Waals surface area contributed by atoms with Crippen LogP contribution in [0, 0.1) is 0 Å². The first kappa shape index (κ1) is 62.0. The second kappa shape index (κ2) is 23.9. The smallest absolute Gasteiger partial charge is 0.0782 e. The second-order valence-electron chi connectivity index (χ2n) is 30.3. The molecule has 514 valence electrons. The van der Waals surface area contributed by atoms with Gasteiger partial charge in [-0.1, -0.05) is 305 Å². The lowest BCUT2D eigenvalue weighted by Gasteiger charge is -2.32. The number of anilines is 6. The summed E-state index contributed by atoms with van der Waals surface area (Å²) in [5, 5.41) is 12.5. The van der Waals surface area contributed by atoms with Gasteiger partial charge in [0.05, 0.1) is 66.9 Å². The Labute approximate surface area is 636 Å². The maximum atomic E-state index is 2.55. The van der Waals surface area contributed by atoms with Gasteiger partial charge in [-0.2, -0.15) is 0 Å². The Morgan fingerprint density at radius 1 is 0.218 bits per heavy atom. The van der Waals surface area contributed by atoms with Crippen molar-refractivity contribution >= 4 is 132 Å². The molecule has 1 aliphatic carbocycles. The van der Waals surface area contributed by atoms with Crippen molar-refractivity contribution in [3.8, 4) is 72.4 Å². The number of rotatable bonds is 12. The quantitative estimate of drug-likeness (QED) is 0.121. The summed E-state index contributed by atoms with van der Waals surface area (Å²) in [6.45, 7) is 4.85. The molecule has 0 saturated heterocycles. The lowest BCUT2D eigenvalue weighted by atomic mass is 9.80. The first-order valence-corrected chi connectivity index (χ1v) is 38.2. The van der Waals surface area contributed by atoms with Gasteiger partial charge in [0.1, 0.15) is 0 Å². The zero-order valence-electron chi connectivity index (χ0n) is 60.6. The molecular weight excluding hydrogens is 1330 g/mol. The molecule has 0 atom stereocenters. The van der Waals surface area contributed by atoms with Crippen molar-refractivity contribution in [1.29, 1.82) is 0 Å². The minimum Gasteiger partial charge on any atom is -0.308 e. The minimum absolute atomic E-state index is 0.357.